The second-order valence-corrected chi connectivity index (χ2v) is 7.63. The van der Waals surface area contributed by atoms with Gasteiger partial charge in [0, 0.05) is 11.6 Å². The molecule has 139 valence electrons. The molecule has 3 aromatic rings. The molecular formula is C22H25BNO3. The van der Waals surface area contributed by atoms with Gasteiger partial charge in [-0.3, -0.25) is 4.98 Å². The molecular weight excluding hydrogens is 337 g/mol. The van der Waals surface area contributed by atoms with E-state index >= 15 is 0 Å². The van der Waals surface area contributed by atoms with Crippen LogP contribution in [-0.2, 0) is 11.3 Å². The summed E-state index contributed by atoms with van der Waals surface area (Å²) in [6.45, 7) is 7.68. The summed E-state index contributed by atoms with van der Waals surface area (Å²) < 4.78 is 11.9. The van der Waals surface area contributed by atoms with Crippen molar-refractivity contribution in [1.29, 1.82) is 0 Å². The van der Waals surface area contributed by atoms with Gasteiger partial charge in [0.15, 0.2) is 0 Å². The van der Waals surface area contributed by atoms with Crippen LogP contribution < -0.4 is 10.2 Å². The highest BCUT2D eigenvalue weighted by Crippen LogP contribution is 2.26. The number of pyridine rings is 1. The van der Waals surface area contributed by atoms with Gasteiger partial charge in [-0.1, -0.05) is 42.5 Å². The van der Waals surface area contributed by atoms with Crippen LogP contribution in [0, 0.1) is 0 Å². The largest absolute Gasteiger partial charge is 0.487 e. The van der Waals surface area contributed by atoms with Crippen LogP contribution in [0.5, 0.6) is 5.75 Å². The van der Waals surface area contributed by atoms with Gasteiger partial charge in [-0.2, -0.15) is 0 Å². The normalized spacial score (nSPS) is 12.2. The predicted molar refractivity (Wildman–Crippen MR) is 109 cm³/mol. The Hall–Kier alpha value is -2.37. The van der Waals surface area contributed by atoms with Gasteiger partial charge in [-0.25, -0.2) is 0 Å². The van der Waals surface area contributed by atoms with Gasteiger partial charge in [0.2, 0.25) is 0 Å². The maximum Gasteiger partial charge on any atom is 0.331 e. The van der Waals surface area contributed by atoms with Crippen molar-refractivity contribution in [3.63, 3.8) is 0 Å². The number of hydrogen-bond donors (Lipinski definition) is 1. The molecule has 0 unspecified atom stereocenters. The number of benzene rings is 2. The molecule has 4 nitrogen and oxygen atoms in total. The molecule has 0 atom stereocenters. The quantitative estimate of drug-likeness (QED) is 0.653. The molecule has 1 heterocycles. The topological polar surface area (TPSA) is 51.6 Å². The fraction of sp³-hybridized carbons (Fsp3) is 0.318. The molecule has 3 rings (SSSR count). The van der Waals surface area contributed by atoms with Gasteiger partial charge < -0.3 is 14.5 Å². The fourth-order valence-corrected chi connectivity index (χ4v) is 2.48. The molecule has 0 amide bonds. The first-order valence-electron chi connectivity index (χ1n) is 9.06. The number of aromatic nitrogens is 1. The minimum absolute atomic E-state index is 0.484. The smallest absolute Gasteiger partial charge is 0.331 e. The molecule has 0 aliphatic heterocycles. The monoisotopic (exact) mass is 362 g/mol. The molecule has 1 radical (unpaired) electrons. The van der Waals surface area contributed by atoms with Crippen molar-refractivity contribution in [2.24, 2.45) is 0 Å². The summed E-state index contributed by atoms with van der Waals surface area (Å²) in [5.41, 5.74) is 1.07. The molecule has 5 heteroatoms. The Morgan fingerprint density at radius 2 is 1.70 bits per heavy atom. The summed E-state index contributed by atoms with van der Waals surface area (Å²) in [5, 5.41) is 11.2. The van der Waals surface area contributed by atoms with Crippen LogP contribution in [-0.4, -0.2) is 28.8 Å². The zero-order valence-electron chi connectivity index (χ0n) is 16.3. The van der Waals surface area contributed by atoms with Crippen molar-refractivity contribution in [2.45, 2.75) is 45.5 Å². The van der Waals surface area contributed by atoms with Crippen molar-refractivity contribution >= 4 is 23.8 Å². The SMILES string of the molecule is CC(C)(O)C(C)(C)O[B]c1ccc(OCc2ccccc2)c2ncccc12. The van der Waals surface area contributed by atoms with Crippen LogP contribution in [0.15, 0.2) is 60.8 Å². The van der Waals surface area contributed by atoms with Gasteiger partial charge in [-0.05, 0) is 50.9 Å². The van der Waals surface area contributed by atoms with E-state index in [0.29, 0.717) is 6.61 Å². The van der Waals surface area contributed by atoms with E-state index in [9.17, 15) is 5.11 Å². The number of rotatable bonds is 7. The summed E-state index contributed by atoms with van der Waals surface area (Å²) in [6, 6.07) is 17.8. The van der Waals surface area contributed by atoms with E-state index in [4.69, 9.17) is 9.39 Å². The third-order valence-corrected chi connectivity index (χ3v) is 4.96. The second kappa shape index (κ2) is 7.71. The molecule has 0 saturated heterocycles. The van der Waals surface area contributed by atoms with Crippen LogP contribution in [0.25, 0.3) is 10.9 Å². The van der Waals surface area contributed by atoms with Crippen molar-refractivity contribution in [1.82, 2.24) is 4.98 Å². The highest BCUT2D eigenvalue weighted by atomic mass is 16.5. The van der Waals surface area contributed by atoms with Crippen LogP contribution in [0.1, 0.15) is 33.3 Å². The van der Waals surface area contributed by atoms with Crippen LogP contribution in [0.2, 0.25) is 0 Å². The Morgan fingerprint density at radius 3 is 2.41 bits per heavy atom. The molecule has 27 heavy (non-hydrogen) atoms. The molecule has 1 aromatic heterocycles. The number of hydrogen-bond acceptors (Lipinski definition) is 4. The van der Waals surface area contributed by atoms with Crippen LogP contribution >= 0.6 is 0 Å². The number of fused-ring (bicyclic) bond motifs is 1. The highest BCUT2D eigenvalue weighted by Gasteiger charge is 2.35. The van der Waals surface area contributed by atoms with E-state index in [0.717, 1.165) is 27.7 Å². The molecule has 0 aliphatic carbocycles. The lowest BCUT2D eigenvalue weighted by molar-refractivity contribution is -0.0893. The summed E-state index contributed by atoms with van der Waals surface area (Å²) in [5.74, 6) is 0.730. The van der Waals surface area contributed by atoms with Crippen molar-refractivity contribution in [2.75, 3.05) is 0 Å². The maximum absolute atomic E-state index is 10.3. The average Bonchev–Trinajstić information content (AvgIpc) is 2.65. The number of aliphatic hydroxyl groups is 1. The first kappa shape index (κ1) is 19.4. The van der Waals surface area contributed by atoms with Gasteiger partial charge in [0.1, 0.15) is 17.9 Å². The lowest BCUT2D eigenvalue weighted by atomic mass is 9.81. The minimum atomic E-state index is -0.976. The van der Waals surface area contributed by atoms with Crippen LogP contribution in [0.4, 0.5) is 0 Å². The van der Waals surface area contributed by atoms with E-state index in [1.807, 2.05) is 68.4 Å². The van der Waals surface area contributed by atoms with Crippen LogP contribution in [0.3, 0.4) is 0 Å². The zero-order chi connectivity index (χ0) is 19.5. The Kier molecular flexibility index (Phi) is 5.54. The molecule has 0 spiro atoms. The lowest BCUT2D eigenvalue weighted by Crippen LogP contribution is -2.49. The van der Waals surface area contributed by atoms with Crippen molar-refractivity contribution < 1.29 is 14.5 Å². The van der Waals surface area contributed by atoms with E-state index in [1.165, 1.54) is 0 Å². The lowest BCUT2D eigenvalue weighted by Gasteiger charge is -2.37. The Bertz CT molecular complexity index is 904. The third kappa shape index (κ3) is 4.49. The van der Waals surface area contributed by atoms with Gasteiger partial charge in [0.05, 0.1) is 11.2 Å². The molecule has 0 fully saturated rings. The van der Waals surface area contributed by atoms with E-state index in [-0.39, 0.29) is 0 Å². The summed E-state index contributed by atoms with van der Waals surface area (Å²) in [7, 11) is 1.68. The molecule has 0 saturated carbocycles. The fourth-order valence-electron chi connectivity index (χ4n) is 2.48. The summed E-state index contributed by atoms with van der Waals surface area (Å²) in [4.78, 5) is 4.50. The third-order valence-electron chi connectivity index (χ3n) is 4.96. The van der Waals surface area contributed by atoms with Gasteiger partial charge >= 0.3 is 7.48 Å². The van der Waals surface area contributed by atoms with Crippen molar-refractivity contribution in [3.05, 3.63) is 66.4 Å². The average molecular weight is 362 g/mol. The Labute approximate surface area is 161 Å². The van der Waals surface area contributed by atoms with E-state index in [1.54, 1.807) is 27.5 Å². The minimum Gasteiger partial charge on any atom is -0.487 e. The summed E-state index contributed by atoms with van der Waals surface area (Å²) >= 11 is 0. The van der Waals surface area contributed by atoms with Gasteiger partial charge in [0.25, 0.3) is 0 Å². The standard InChI is InChI=1S/C22H25BNO3/c1-21(2,25)22(3,4)27-23-18-12-13-19(20-17(18)11-8-14-24-20)26-15-16-9-6-5-7-10-16/h5-14,25H,15H2,1-4H3. The molecule has 2 aromatic carbocycles. The van der Waals surface area contributed by atoms with Gasteiger partial charge in [-0.15, -0.1) is 0 Å². The second-order valence-electron chi connectivity index (χ2n) is 7.63. The van der Waals surface area contributed by atoms with E-state index in [2.05, 4.69) is 4.98 Å². The maximum atomic E-state index is 10.3. The molecule has 0 bridgehead atoms. The number of ether oxygens (including phenoxy) is 1. The van der Waals surface area contributed by atoms with Crippen molar-refractivity contribution in [3.8, 4) is 5.75 Å². The number of nitrogens with zero attached hydrogens (tertiary/aromatic N) is 1. The Morgan fingerprint density at radius 1 is 0.963 bits per heavy atom. The van der Waals surface area contributed by atoms with E-state index < -0.39 is 11.2 Å². The molecule has 0 aliphatic rings. The molecule has 1 N–H and O–H groups in total. The zero-order valence-corrected chi connectivity index (χ0v) is 16.3. The Balaban J connectivity index is 1.83. The first-order valence-corrected chi connectivity index (χ1v) is 9.06. The highest BCUT2D eigenvalue weighted by molar-refractivity contribution is 6.51. The predicted octanol–water partition coefficient (Wildman–Crippen LogP) is 3.62. The summed E-state index contributed by atoms with van der Waals surface area (Å²) in [6.07, 6.45) is 1.75. The first-order chi connectivity index (χ1) is 12.8.